The van der Waals surface area contributed by atoms with Crippen molar-refractivity contribution in [2.75, 3.05) is 5.01 Å². The molecule has 4 heteroatoms. The molecule has 0 heterocycles. The molecular formula is C10H12FN3. The maximum Gasteiger partial charge on any atom is 0.148 e. The molecule has 0 aliphatic heterocycles. The predicted molar refractivity (Wildman–Crippen MR) is 53.5 cm³/mol. The molecule has 1 aromatic rings. The summed E-state index contributed by atoms with van der Waals surface area (Å²) in [7, 11) is 0. The predicted octanol–water partition coefficient (Wildman–Crippen LogP) is 1.89. The molecular weight excluding hydrogens is 181 g/mol. The fourth-order valence-corrected chi connectivity index (χ4v) is 1.33. The lowest BCUT2D eigenvalue weighted by atomic mass is 10.2. The van der Waals surface area contributed by atoms with Gasteiger partial charge in [0.15, 0.2) is 0 Å². The van der Waals surface area contributed by atoms with E-state index in [1.165, 1.54) is 6.07 Å². The standard InChI is InChI=1S/C10H12FN3/c11-8-3-1-2-4-9(8)14(13)10(12)7-5-6-7/h1-4,7,12H,5-6,13H2. The minimum Gasteiger partial charge on any atom is -0.287 e. The van der Waals surface area contributed by atoms with E-state index < -0.39 is 0 Å². The van der Waals surface area contributed by atoms with E-state index in [2.05, 4.69) is 0 Å². The third-order valence-corrected chi connectivity index (χ3v) is 2.34. The van der Waals surface area contributed by atoms with Crippen LogP contribution in [0, 0.1) is 17.1 Å². The van der Waals surface area contributed by atoms with Gasteiger partial charge in [0.05, 0.1) is 5.69 Å². The van der Waals surface area contributed by atoms with Gasteiger partial charge in [-0.3, -0.25) is 10.4 Å². The minimum absolute atomic E-state index is 0.222. The smallest absolute Gasteiger partial charge is 0.148 e. The van der Waals surface area contributed by atoms with Crippen molar-refractivity contribution in [1.29, 1.82) is 5.41 Å². The summed E-state index contributed by atoms with van der Waals surface area (Å²) in [6.07, 6.45) is 1.97. The maximum atomic E-state index is 13.3. The van der Waals surface area contributed by atoms with Crippen LogP contribution in [-0.2, 0) is 0 Å². The van der Waals surface area contributed by atoms with Crippen LogP contribution in [0.25, 0.3) is 0 Å². The number of amidine groups is 1. The summed E-state index contributed by atoms with van der Waals surface area (Å²) < 4.78 is 13.3. The molecule has 74 valence electrons. The first-order chi connectivity index (χ1) is 6.70. The third kappa shape index (κ3) is 1.61. The summed E-state index contributed by atoms with van der Waals surface area (Å²) in [6.45, 7) is 0. The fourth-order valence-electron chi connectivity index (χ4n) is 1.33. The van der Waals surface area contributed by atoms with Crippen LogP contribution in [0.1, 0.15) is 12.8 Å². The summed E-state index contributed by atoms with van der Waals surface area (Å²) >= 11 is 0. The number of hydrogen-bond donors (Lipinski definition) is 2. The second-order valence-corrected chi connectivity index (χ2v) is 3.48. The highest BCUT2D eigenvalue weighted by Crippen LogP contribution is 2.32. The summed E-state index contributed by atoms with van der Waals surface area (Å²) in [5.74, 6) is 5.78. The van der Waals surface area contributed by atoms with E-state index in [4.69, 9.17) is 11.3 Å². The van der Waals surface area contributed by atoms with Crippen molar-refractivity contribution in [3.05, 3.63) is 30.1 Å². The van der Waals surface area contributed by atoms with Crippen molar-refractivity contribution in [3.63, 3.8) is 0 Å². The van der Waals surface area contributed by atoms with Gasteiger partial charge in [-0.15, -0.1) is 0 Å². The number of nitrogens with two attached hydrogens (primary N) is 1. The van der Waals surface area contributed by atoms with Gasteiger partial charge in [-0.1, -0.05) is 12.1 Å². The van der Waals surface area contributed by atoms with E-state index in [9.17, 15) is 4.39 Å². The van der Waals surface area contributed by atoms with E-state index in [1.807, 2.05) is 0 Å². The van der Waals surface area contributed by atoms with Crippen molar-refractivity contribution < 1.29 is 4.39 Å². The molecule has 0 spiro atoms. The van der Waals surface area contributed by atoms with E-state index in [1.54, 1.807) is 18.2 Å². The molecule has 0 radical (unpaired) electrons. The lowest BCUT2D eigenvalue weighted by molar-refractivity contribution is 0.626. The van der Waals surface area contributed by atoms with Crippen molar-refractivity contribution in [2.45, 2.75) is 12.8 Å². The minimum atomic E-state index is -0.389. The van der Waals surface area contributed by atoms with Gasteiger partial charge < -0.3 is 0 Å². The maximum absolute atomic E-state index is 13.3. The van der Waals surface area contributed by atoms with Crippen molar-refractivity contribution in [2.24, 2.45) is 11.8 Å². The fraction of sp³-hybridized carbons (Fsp3) is 0.300. The van der Waals surface area contributed by atoms with Gasteiger partial charge in [-0.2, -0.15) is 0 Å². The summed E-state index contributed by atoms with van der Waals surface area (Å²) in [5.41, 5.74) is 0.268. The Morgan fingerprint density at radius 2 is 2.07 bits per heavy atom. The Balaban J connectivity index is 2.21. The van der Waals surface area contributed by atoms with Gasteiger partial charge in [0.25, 0.3) is 0 Å². The Labute approximate surface area is 81.8 Å². The Morgan fingerprint density at radius 1 is 1.43 bits per heavy atom. The quantitative estimate of drug-likeness (QED) is 0.326. The lowest BCUT2D eigenvalue weighted by Crippen LogP contribution is -2.38. The van der Waals surface area contributed by atoms with Crippen LogP contribution in [-0.4, -0.2) is 5.84 Å². The van der Waals surface area contributed by atoms with Crippen molar-refractivity contribution in [1.82, 2.24) is 0 Å². The van der Waals surface area contributed by atoms with Crippen LogP contribution in [0.2, 0.25) is 0 Å². The number of para-hydroxylation sites is 1. The number of halogens is 1. The number of nitrogens with one attached hydrogen (secondary N) is 1. The number of hydrogen-bond acceptors (Lipinski definition) is 2. The summed E-state index contributed by atoms with van der Waals surface area (Å²) in [5, 5.41) is 8.81. The molecule has 1 aromatic carbocycles. The number of rotatable bonds is 2. The average Bonchev–Trinajstić information content (AvgIpc) is 3.00. The number of nitrogens with zero attached hydrogens (tertiary/aromatic N) is 1. The Bertz CT molecular complexity index is 360. The van der Waals surface area contributed by atoms with Crippen molar-refractivity contribution in [3.8, 4) is 0 Å². The lowest BCUT2D eigenvalue weighted by Gasteiger charge is -2.19. The van der Waals surface area contributed by atoms with Crippen LogP contribution in [0.4, 0.5) is 10.1 Å². The second-order valence-electron chi connectivity index (χ2n) is 3.48. The molecule has 1 saturated carbocycles. The second kappa shape index (κ2) is 3.38. The molecule has 0 aromatic heterocycles. The molecule has 1 aliphatic rings. The largest absolute Gasteiger partial charge is 0.287 e. The van der Waals surface area contributed by atoms with Crippen LogP contribution >= 0.6 is 0 Å². The molecule has 3 nitrogen and oxygen atoms in total. The molecule has 0 amide bonds. The van der Waals surface area contributed by atoms with Crippen LogP contribution in [0.5, 0.6) is 0 Å². The average molecular weight is 193 g/mol. The SMILES string of the molecule is N=C(C1CC1)N(N)c1ccccc1F. The van der Waals surface area contributed by atoms with Gasteiger partial charge in [-0.05, 0) is 25.0 Å². The van der Waals surface area contributed by atoms with E-state index in [-0.39, 0.29) is 17.4 Å². The zero-order chi connectivity index (χ0) is 10.1. The van der Waals surface area contributed by atoms with Gasteiger partial charge >= 0.3 is 0 Å². The normalized spacial score (nSPS) is 15.3. The third-order valence-electron chi connectivity index (χ3n) is 2.34. The Hall–Kier alpha value is -1.42. The van der Waals surface area contributed by atoms with E-state index in [0.717, 1.165) is 17.9 Å². The first kappa shape index (κ1) is 9.15. The molecule has 1 fully saturated rings. The van der Waals surface area contributed by atoms with Gasteiger partial charge in [0.2, 0.25) is 0 Å². The highest BCUT2D eigenvalue weighted by atomic mass is 19.1. The first-order valence-electron chi connectivity index (χ1n) is 4.58. The summed E-state index contributed by atoms with van der Waals surface area (Å²) in [4.78, 5) is 0. The Morgan fingerprint density at radius 3 is 2.64 bits per heavy atom. The molecule has 1 aliphatic carbocycles. The molecule has 0 saturated heterocycles. The van der Waals surface area contributed by atoms with E-state index in [0.29, 0.717) is 5.84 Å². The van der Waals surface area contributed by atoms with Crippen molar-refractivity contribution >= 4 is 11.5 Å². The summed E-state index contributed by atoms with van der Waals surface area (Å²) in [6, 6.07) is 6.23. The molecule has 2 rings (SSSR count). The highest BCUT2D eigenvalue weighted by Gasteiger charge is 2.30. The topological polar surface area (TPSA) is 53.1 Å². The molecule has 3 N–H and O–H groups in total. The van der Waals surface area contributed by atoms with E-state index >= 15 is 0 Å². The number of benzene rings is 1. The monoisotopic (exact) mass is 193 g/mol. The van der Waals surface area contributed by atoms with Gasteiger partial charge in [-0.25, -0.2) is 10.2 Å². The van der Waals surface area contributed by atoms with Crippen LogP contribution in [0.3, 0.4) is 0 Å². The number of hydrazine groups is 1. The van der Waals surface area contributed by atoms with Crippen LogP contribution in [0.15, 0.2) is 24.3 Å². The van der Waals surface area contributed by atoms with Gasteiger partial charge in [0, 0.05) is 5.92 Å². The number of anilines is 1. The molecule has 14 heavy (non-hydrogen) atoms. The Kier molecular flexibility index (Phi) is 2.21. The zero-order valence-corrected chi connectivity index (χ0v) is 7.70. The first-order valence-corrected chi connectivity index (χ1v) is 4.58. The molecule has 0 unspecified atom stereocenters. The molecule has 0 bridgehead atoms. The highest BCUT2D eigenvalue weighted by molar-refractivity contribution is 5.97. The van der Waals surface area contributed by atoms with Crippen LogP contribution < -0.4 is 10.9 Å². The van der Waals surface area contributed by atoms with Gasteiger partial charge in [0.1, 0.15) is 11.7 Å². The molecule has 0 atom stereocenters. The zero-order valence-electron chi connectivity index (χ0n) is 7.70.